The molecule has 0 N–H and O–H groups in total. The second-order valence-electron chi connectivity index (χ2n) is 3.67. The summed E-state index contributed by atoms with van der Waals surface area (Å²) in [4.78, 5) is 2.27. The van der Waals surface area contributed by atoms with Gasteiger partial charge in [0.2, 0.25) is 0 Å². The SMILES string of the molecule is C[I+]c1ccc(OCCC(C)C)cc1. The number of halogens is 1. The van der Waals surface area contributed by atoms with Gasteiger partial charge in [0.15, 0.2) is 3.57 Å². The van der Waals surface area contributed by atoms with Crippen molar-refractivity contribution in [3.8, 4) is 5.75 Å². The van der Waals surface area contributed by atoms with Gasteiger partial charge in [-0.1, -0.05) is 13.8 Å². The molecule has 0 radical (unpaired) electrons. The van der Waals surface area contributed by atoms with E-state index in [4.69, 9.17) is 4.74 Å². The minimum absolute atomic E-state index is 0.217. The molecule has 0 bridgehead atoms. The summed E-state index contributed by atoms with van der Waals surface area (Å²) in [5, 5.41) is 0. The summed E-state index contributed by atoms with van der Waals surface area (Å²) in [6, 6.07) is 8.52. The molecule has 0 saturated carbocycles. The average molecular weight is 305 g/mol. The molecule has 0 saturated heterocycles. The van der Waals surface area contributed by atoms with Gasteiger partial charge >= 0.3 is 21.2 Å². The van der Waals surface area contributed by atoms with Crippen LogP contribution in [0, 0.1) is 9.49 Å². The van der Waals surface area contributed by atoms with Gasteiger partial charge in [-0.2, -0.15) is 0 Å². The maximum Gasteiger partial charge on any atom is 0.309 e. The molecule has 0 aliphatic rings. The Morgan fingerprint density at radius 3 is 2.36 bits per heavy atom. The summed E-state index contributed by atoms with van der Waals surface area (Å²) in [5.74, 6) is 1.72. The Balaban J connectivity index is 2.36. The maximum atomic E-state index is 5.63. The summed E-state index contributed by atoms with van der Waals surface area (Å²) in [5.41, 5.74) is 0. The molecule has 0 fully saturated rings. The molecule has 0 aromatic heterocycles. The van der Waals surface area contributed by atoms with Crippen molar-refractivity contribution in [2.24, 2.45) is 5.92 Å². The molecule has 0 aliphatic carbocycles. The van der Waals surface area contributed by atoms with E-state index in [0.717, 1.165) is 24.7 Å². The number of rotatable bonds is 5. The monoisotopic (exact) mass is 305 g/mol. The summed E-state index contributed by atoms with van der Waals surface area (Å²) < 4.78 is 7.10. The van der Waals surface area contributed by atoms with Crippen LogP contribution in [0.2, 0.25) is 0 Å². The predicted molar refractivity (Wildman–Crippen MR) is 56.0 cm³/mol. The van der Waals surface area contributed by atoms with Crippen molar-refractivity contribution in [3.63, 3.8) is 0 Å². The van der Waals surface area contributed by atoms with Gasteiger partial charge in [-0.15, -0.1) is 0 Å². The number of hydrogen-bond donors (Lipinski definition) is 0. The van der Waals surface area contributed by atoms with Crippen LogP contribution in [0.4, 0.5) is 0 Å². The van der Waals surface area contributed by atoms with Crippen molar-refractivity contribution >= 4 is 0 Å². The molecule has 0 amide bonds. The topological polar surface area (TPSA) is 9.23 Å². The number of benzene rings is 1. The molecule has 1 nitrogen and oxygen atoms in total. The molecule has 1 aromatic rings. The van der Waals surface area contributed by atoms with Gasteiger partial charge < -0.3 is 4.74 Å². The van der Waals surface area contributed by atoms with E-state index in [0.29, 0.717) is 0 Å². The van der Waals surface area contributed by atoms with E-state index in [1.165, 1.54) is 3.57 Å². The lowest BCUT2D eigenvalue weighted by Gasteiger charge is -2.07. The highest BCUT2D eigenvalue weighted by atomic mass is 127. The van der Waals surface area contributed by atoms with Gasteiger partial charge in [0.25, 0.3) is 0 Å². The summed E-state index contributed by atoms with van der Waals surface area (Å²) >= 11 is 0.217. The zero-order valence-corrected chi connectivity index (χ0v) is 11.2. The van der Waals surface area contributed by atoms with Crippen molar-refractivity contribution in [2.45, 2.75) is 20.3 Å². The molecule has 0 aliphatic heterocycles. The lowest BCUT2D eigenvalue weighted by molar-refractivity contribution is -0.597. The van der Waals surface area contributed by atoms with Crippen LogP contribution in [-0.4, -0.2) is 11.5 Å². The van der Waals surface area contributed by atoms with Crippen LogP contribution in [0.5, 0.6) is 5.75 Å². The molecular weight excluding hydrogens is 287 g/mol. The zero-order valence-electron chi connectivity index (χ0n) is 9.09. The summed E-state index contributed by atoms with van der Waals surface area (Å²) in [6.45, 7) is 5.26. The lowest BCUT2D eigenvalue weighted by Crippen LogP contribution is -3.60. The van der Waals surface area contributed by atoms with Gasteiger partial charge in [0.05, 0.1) is 6.61 Å². The van der Waals surface area contributed by atoms with E-state index < -0.39 is 0 Å². The van der Waals surface area contributed by atoms with Gasteiger partial charge in [0.1, 0.15) is 10.7 Å². The minimum atomic E-state index is 0.217. The van der Waals surface area contributed by atoms with E-state index in [9.17, 15) is 0 Å². The van der Waals surface area contributed by atoms with E-state index in [2.05, 4.69) is 43.0 Å². The highest BCUT2D eigenvalue weighted by Gasteiger charge is 2.03. The first-order chi connectivity index (χ1) is 6.72. The molecule has 0 atom stereocenters. The summed E-state index contributed by atoms with van der Waals surface area (Å²) in [6.07, 6.45) is 1.13. The predicted octanol–water partition coefficient (Wildman–Crippen LogP) is -0.0001000. The Morgan fingerprint density at radius 1 is 1.21 bits per heavy atom. The van der Waals surface area contributed by atoms with Crippen molar-refractivity contribution in [1.29, 1.82) is 0 Å². The third kappa shape index (κ3) is 4.31. The standard InChI is InChI=1S/C12H18IO/c1-10(2)8-9-14-12-6-4-11(13-3)5-7-12/h4-7,10H,8-9H2,1-3H3/q+1. The van der Waals surface area contributed by atoms with Crippen LogP contribution in [0.15, 0.2) is 24.3 Å². The smallest absolute Gasteiger partial charge is 0.309 e. The fourth-order valence-electron chi connectivity index (χ4n) is 1.07. The molecular formula is C12H18IO+. The second-order valence-corrected chi connectivity index (χ2v) is 6.00. The fourth-order valence-corrected chi connectivity index (χ4v) is 2.15. The fraction of sp³-hybridized carbons (Fsp3) is 0.500. The van der Waals surface area contributed by atoms with Crippen LogP contribution >= 0.6 is 0 Å². The molecule has 78 valence electrons. The Labute approximate surface area is 97.1 Å². The number of ether oxygens (including phenoxy) is 1. The van der Waals surface area contributed by atoms with E-state index in [1.807, 2.05) is 0 Å². The lowest BCUT2D eigenvalue weighted by atomic mass is 10.1. The van der Waals surface area contributed by atoms with Crippen molar-refractivity contribution in [2.75, 3.05) is 11.5 Å². The second kappa shape index (κ2) is 6.27. The Bertz CT molecular complexity index is 254. The van der Waals surface area contributed by atoms with Crippen LogP contribution in [-0.2, 0) is 0 Å². The first-order valence-corrected chi connectivity index (χ1v) is 8.18. The van der Waals surface area contributed by atoms with Gasteiger partial charge in [-0.05, 0) is 36.6 Å². The normalized spacial score (nSPS) is 10.6. The largest absolute Gasteiger partial charge is 0.494 e. The quantitative estimate of drug-likeness (QED) is 0.550. The molecule has 2 heteroatoms. The van der Waals surface area contributed by atoms with Gasteiger partial charge in [-0.3, -0.25) is 0 Å². The maximum absolute atomic E-state index is 5.63. The van der Waals surface area contributed by atoms with Crippen LogP contribution in [0.3, 0.4) is 0 Å². The van der Waals surface area contributed by atoms with Gasteiger partial charge in [-0.25, -0.2) is 0 Å². The first kappa shape index (κ1) is 11.8. The Kier molecular flexibility index (Phi) is 5.30. The molecule has 0 unspecified atom stereocenters. The number of hydrogen-bond acceptors (Lipinski definition) is 1. The molecule has 0 heterocycles. The summed E-state index contributed by atoms with van der Waals surface area (Å²) in [7, 11) is 0. The third-order valence-electron chi connectivity index (χ3n) is 2.00. The molecule has 0 spiro atoms. The van der Waals surface area contributed by atoms with Crippen LogP contribution in [0.25, 0.3) is 0 Å². The average Bonchev–Trinajstić information content (AvgIpc) is 2.18. The Hall–Kier alpha value is -0.250. The van der Waals surface area contributed by atoms with Crippen LogP contribution < -0.4 is 25.9 Å². The number of alkyl halides is 1. The van der Waals surface area contributed by atoms with E-state index >= 15 is 0 Å². The van der Waals surface area contributed by atoms with Crippen molar-refractivity contribution < 1.29 is 25.9 Å². The molecule has 14 heavy (non-hydrogen) atoms. The highest BCUT2D eigenvalue weighted by molar-refractivity contribution is 5.20. The Morgan fingerprint density at radius 2 is 1.86 bits per heavy atom. The first-order valence-electron chi connectivity index (χ1n) is 4.94. The van der Waals surface area contributed by atoms with Crippen LogP contribution in [0.1, 0.15) is 20.3 Å². The zero-order chi connectivity index (χ0) is 10.4. The third-order valence-corrected chi connectivity index (χ3v) is 3.96. The van der Waals surface area contributed by atoms with E-state index in [1.54, 1.807) is 0 Å². The molecule has 1 aromatic carbocycles. The van der Waals surface area contributed by atoms with Crippen molar-refractivity contribution in [3.05, 3.63) is 27.8 Å². The van der Waals surface area contributed by atoms with Gasteiger partial charge in [0, 0.05) is 0 Å². The highest BCUT2D eigenvalue weighted by Crippen LogP contribution is 2.09. The van der Waals surface area contributed by atoms with E-state index in [-0.39, 0.29) is 21.2 Å². The minimum Gasteiger partial charge on any atom is -0.494 e. The van der Waals surface area contributed by atoms with Crippen molar-refractivity contribution in [1.82, 2.24) is 0 Å². The molecule has 1 rings (SSSR count).